The fourth-order valence-corrected chi connectivity index (χ4v) is 3.48. The first-order valence-electron chi connectivity index (χ1n) is 9.80. The molecule has 28 heavy (non-hydrogen) atoms. The molecule has 2 aromatic heterocycles. The second-order valence-corrected chi connectivity index (χ2v) is 7.99. The van der Waals surface area contributed by atoms with E-state index in [4.69, 9.17) is 9.26 Å². The largest absolute Gasteiger partial charge is 0.490 e. The number of halogens is 1. The van der Waals surface area contributed by atoms with Crippen LogP contribution in [0.2, 0.25) is 0 Å². The molecule has 1 atom stereocenters. The van der Waals surface area contributed by atoms with Crippen molar-refractivity contribution in [3.05, 3.63) is 35.2 Å². The van der Waals surface area contributed by atoms with Gasteiger partial charge < -0.3 is 14.6 Å². The summed E-state index contributed by atoms with van der Waals surface area (Å²) in [6, 6.07) is 1.61. The van der Waals surface area contributed by atoms with Crippen LogP contribution in [0, 0.1) is 12.8 Å². The quantitative estimate of drug-likeness (QED) is 0.708. The molecule has 1 unspecified atom stereocenters. The van der Waals surface area contributed by atoms with Gasteiger partial charge in [-0.05, 0) is 38.0 Å². The number of nitrogens with zero attached hydrogens (tertiary/aromatic N) is 3. The molecule has 0 radical (unpaired) electrons. The summed E-state index contributed by atoms with van der Waals surface area (Å²) >= 11 is 0. The Bertz CT molecular complexity index is 863. The van der Waals surface area contributed by atoms with Crippen LogP contribution in [0.1, 0.15) is 72.7 Å². The van der Waals surface area contributed by atoms with E-state index in [1.54, 1.807) is 19.2 Å². The lowest BCUT2D eigenvalue weighted by Crippen LogP contribution is -2.45. The number of hydrogen-bond donors (Lipinski definition) is 1. The van der Waals surface area contributed by atoms with E-state index in [0.29, 0.717) is 29.3 Å². The first-order valence-corrected chi connectivity index (χ1v) is 9.80. The van der Waals surface area contributed by atoms with Crippen LogP contribution in [0.15, 0.2) is 16.8 Å². The zero-order chi connectivity index (χ0) is 19.7. The third-order valence-corrected chi connectivity index (χ3v) is 5.28. The molecule has 2 saturated carbocycles. The van der Waals surface area contributed by atoms with Gasteiger partial charge in [-0.2, -0.15) is 4.98 Å². The second kappa shape index (κ2) is 7.48. The monoisotopic (exact) mass is 388 g/mol. The predicted octanol–water partition coefficient (Wildman–Crippen LogP) is 3.44. The summed E-state index contributed by atoms with van der Waals surface area (Å²) in [6.45, 7) is 3.02. The molecular weight excluding hydrogens is 363 g/mol. The number of rotatable bonds is 9. The number of amides is 1. The van der Waals surface area contributed by atoms with Gasteiger partial charge >= 0.3 is 0 Å². The fraction of sp³-hybridized carbons (Fsp3) is 0.600. The maximum atomic E-state index is 13.0. The Hall–Kier alpha value is -2.51. The minimum absolute atomic E-state index is 0.0354. The number of aromatic nitrogens is 3. The van der Waals surface area contributed by atoms with Gasteiger partial charge in [-0.3, -0.25) is 9.78 Å². The maximum absolute atomic E-state index is 13.0. The van der Waals surface area contributed by atoms with E-state index in [1.165, 1.54) is 0 Å². The summed E-state index contributed by atoms with van der Waals surface area (Å²) in [5.41, 5.74) is 0.437. The normalized spacial score (nSPS) is 18.5. The van der Waals surface area contributed by atoms with Crippen molar-refractivity contribution in [1.82, 2.24) is 20.4 Å². The first-order chi connectivity index (χ1) is 13.5. The topological polar surface area (TPSA) is 90.1 Å². The molecular formula is C20H25FN4O3. The van der Waals surface area contributed by atoms with Crippen LogP contribution in [0.25, 0.3) is 0 Å². The SMILES string of the molecule is Cc1nc(C(C)(CC2CC2)NC(=O)c2cc(OCCF)c(C3CC3)cn2)no1. The Morgan fingerprint density at radius 3 is 2.79 bits per heavy atom. The molecule has 2 aromatic rings. The van der Waals surface area contributed by atoms with Crippen molar-refractivity contribution in [2.45, 2.75) is 57.4 Å². The van der Waals surface area contributed by atoms with Gasteiger partial charge in [0.25, 0.3) is 5.91 Å². The molecule has 0 aliphatic heterocycles. The fourth-order valence-electron chi connectivity index (χ4n) is 3.48. The third kappa shape index (κ3) is 4.15. The Labute approximate surface area is 163 Å². The minimum atomic E-state index is -0.743. The van der Waals surface area contributed by atoms with E-state index in [1.807, 2.05) is 6.92 Å². The number of ether oxygens (including phenoxy) is 1. The minimum Gasteiger partial charge on any atom is -0.490 e. The average Bonchev–Trinajstić information content (AvgIpc) is 3.60. The summed E-state index contributed by atoms with van der Waals surface area (Å²) in [5, 5.41) is 7.07. The van der Waals surface area contributed by atoms with Crippen molar-refractivity contribution in [3.63, 3.8) is 0 Å². The van der Waals surface area contributed by atoms with Gasteiger partial charge in [-0.1, -0.05) is 18.0 Å². The lowest BCUT2D eigenvalue weighted by Gasteiger charge is -2.27. The predicted molar refractivity (Wildman–Crippen MR) is 98.9 cm³/mol. The lowest BCUT2D eigenvalue weighted by atomic mass is 9.93. The van der Waals surface area contributed by atoms with Crippen LogP contribution in [-0.4, -0.2) is 34.3 Å². The van der Waals surface area contributed by atoms with Gasteiger partial charge in [0.15, 0.2) is 5.82 Å². The van der Waals surface area contributed by atoms with E-state index in [0.717, 1.165) is 37.7 Å². The molecule has 2 aliphatic rings. The number of hydrogen-bond acceptors (Lipinski definition) is 6. The van der Waals surface area contributed by atoms with Crippen molar-refractivity contribution in [3.8, 4) is 5.75 Å². The highest BCUT2D eigenvalue weighted by molar-refractivity contribution is 5.93. The summed E-state index contributed by atoms with van der Waals surface area (Å²) in [7, 11) is 0. The summed E-state index contributed by atoms with van der Waals surface area (Å²) in [4.78, 5) is 21.6. The van der Waals surface area contributed by atoms with Crippen LogP contribution in [0.5, 0.6) is 5.75 Å². The zero-order valence-corrected chi connectivity index (χ0v) is 16.2. The third-order valence-electron chi connectivity index (χ3n) is 5.28. The van der Waals surface area contributed by atoms with Crippen LogP contribution in [-0.2, 0) is 5.54 Å². The van der Waals surface area contributed by atoms with Gasteiger partial charge in [0.05, 0.1) is 0 Å². The van der Waals surface area contributed by atoms with Crippen molar-refractivity contribution < 1.29 is 18.4 Å². The Kier molecular flexibility index (Phi) is 5.03. The molecule has 8 heteroatoms. The number of nitrogens with one attached hydrogen (secondary N) is 1. The number of alkyl halides is 1. The molecule has 0 spiro atoms. The van der Waals surface area contributed by atoms with Crippen LogP contribution in [0.4, 0.5) is 4.39 Å². The first kappa shape index (κ1) is 18.8. The van der Waals surface area contributed by atoms with Gasteiger partial charge in [0.1, 0.15) is 30.3 Å². The molecule has 150 valence electrons. The molecule has 1 N–H and O–H groups in total. The Morgan fingerprint density at radius 1 is 1.39 bits per heavy atom. The average molecular weight is 388 g/mol. The van der Waals surface area contributed by atoms with Crippen molar-refractivity contribution in [1.29, 1.82) is 0 Å². The summed E-state index contributed by atoms with van der Waals surface area (Å²) in [5.74, 6) is 2.06. The van der Waals surface area contributed by atoms with Crippen molar-refractivity contribution in [2.24, 2.45) is 5.92 Å². The maximum Gasteiger partial charge on any atom is 0.270 e. The Balaban J connectivity index is 1.56. The number of pyridine rings is 1. The van der Waals surface area contributed by atoms with Gasteiger partial charge in [0, 0.05) is 24.8 Å². The molecule has 7 nitrogen and oxygen atoms in total. The lowest BCUT2D eigenvalue weighted by molar-refractivity contribution is 0.0884. The van der Waals surface area contributed by atoms with E-state index in [2.05, 4.69) is 20.4 Å². The smallest absolute Gasteiger partial charge is 0.270 e. The van der Waals surface area contributed by atoms with Gasteiger partial charge in [-0.25, -0.2) is 4.39 Å². The molecule has 0 bridgehead atoms. The molecule has 1 amide bonds. The van der Waals surface area contributed by atoms with Crippen molar-refractivity contribution in [2.75, 3.05) is 13.3 Å². The highest BCUT2D eigenvalue weighted by atomic mass is 19.1. The molecule has 0 saturated heterocycles. The van der Waals surface area contributed by atoms with E-state index < -0.39 is 12.2 Å². The van der Waals surface area contributed by atoms with Gasteiger partial charge in [0.2, 0.25) is 5.89 Å². The van der Waals surface area contributed by atoms with Crippen LogP contribution >= 0.6 is 0 Å². The van der Waals surface area contributed by atoms with Crippen LogP contribution in [0.3, 0.4) is 0 Å². The molecule has 2 fully saturated rings. The van der Waals surface area contributed by atoms with E-state index in [9.17, 15) is 9.18 Å². The summed E-state index contributed by atoms with van der Waals surface area (Å²) < 4.78 is 23.2. The highest BCUT2D eigenvalue weighted by Crippen LogP contribution is 2.44. The number of aryl methyl sites for hydroxylation is 1. The molecule has 2 heterocycles. The van der Waals surface area contributed by atoms with Crippen molar-refractivity contribution >= 4 is 5.91 Å². The second-order valence-electron chi connectivity index (χ2n) is 7.99. The summed E-state index contributed by atoms with van der Waals surface area (Å²) in [6.07, 6.45) is 6.82. The van der Waals surface area contributed by atoms with E-state index in [-0.39, 0.29) is 18.2 Å². The highest BCUT2D eigenvalue weighted by Gasteiger charge is 2.40. The molecule has 2 aliphatic carbocycles. The zero-order valence-electron chi connectivity index (χ0n) is 16.2. The molecule has 0 aromatic carbocycles. The molecule has 4 rings (SSSR count). The number of carbonyl (C=O) groups is 1. The van der Waals surface area contributed by atoms with E-state index >= 15 is 0 Å². The number of carbonyl (C=O) groups excluding carboxylic acids is 1. The van der Waals surface area contributed by atoms with Crippen LogP contribution < -0.4 is 10.1 Å². The standard InChI is InChI=1S/C20H25FN4O3/c1-12-23-19(25-28-12)20(2,10-13-3-4-13)24-18(26)16-9-17(27-8-7-21)15(11-22-16)14-5-6-14/h9,11,13-14H,3-8,10H2,1-2H3,(H,24,26). The Morgan fingerprint density at radius 2 is 2.18 bits per heavy atom. The van der Waals surface area contributed by atoms with Gasteiger partial charge in [-0.15, -0.1) is 0 Å².